The van der Waals surface area contributed by atoms with Crippen molar-refractivity contribution in [2.24, 2.45) is 0 Å². The smallest absolute Gasteiger partial charge is 0.335 e. The Morgan fingerprint density at radius 3 is 1.70 bits per heavy atom. The molecule has 2 unspecified atom stereocenters. The Labute approximate surface area is 307 Å². The molecule has 0 radical (unpaired) electrons. The number of carboxylic acids is 1. The number of aliphatic carboxylic acids is 1. The molecule has 4 aromatic rings. The van der Waals surface area contributed by atoms with Crippen LogP contribution in [-0.4, -0.2) is 75.9 Å². The lowest BCUT2D eigenvalue weighted by atomic mass is 10.1. The van der Waals surface area contributed by atoms with Gasteiger partial charge in [-0.1, -0.05) is 0 Å². The van der Waals surface area contributed by atoms with Gasteiger partial charge in [-0.3, -0.25) is 34.1 Å². The van der Waals surface area contributed by atoms with Crippen molar-refractivity contribution >= 4 is 58.1 Å². The predicted molar refractivity (Wildman–Crippen MR) is 194 cm³/mol. The molecule has 0 bridgehead atoms. The van der Waals surface area contributed by atoms with E-state index in [1.165, 1.54) is 91.9 Å². The van der Waals surface area contributed by atoms with E-state index in [0.717, 1.165) is 7.11 Å². The molecule has 4 amide bonds. The molecule has 17 nitrogen and oxygen atoms in total. The number of hydrogen-bond donors (Lipinski definition) is 6. The van der Waals surface area contributed by atoms with Gasteiger partial charge < -0.3 is 41.0 Å². The molecule has 6 N–H and O–H groups in total. The zero-order valence-electron chi connectivity index (χ0n) is 29.2. The van der Waals surface area contributed by atoms with Gasteiger partial charge in [0.05, 0.1) is 22.3 Å². The van der Waals surface area contributed by atoms with Crippen LogP contribution in [0.25, 0.3) is 0 Å². The van der Waals surface area contributed by atoms with Crippen LogP contribution in [0.1, 0.15) is 62.2 Å². The number of ether oxygens (including phenoxy) is 2. The van der Waals surface area contributed by atoms with Crippen molar-refractivity contribution in [1.82, 2.24) is 5.32 Å². The van der Waals surface area contributed by atoms with Gasteiger partial charge in [0.25, 0.3) is 23.4 Å². The van der Waals surface area contributed by atoms with Gasteiger partial charge in [0, 0.05) is 47.3 Å². The summed E-state index contributed by atoms with van der Waals surface area (Å²) in [5.41, 5.74) is 0.617. The minimum Gasteiger partial charge on any atom is -0.504 e. The summed E-state index contributed by atoms with van der Waals surface area (Å²) < 4.78 is 10.7. The number of rotatable bonds is 15. The number of phenols is 1. The Balaban J connectivity index is 1.44. The monoisotopic (exact) mass is 741 g/mol. The summed E-state index contributed by atoms with van der Waals surface area (Å²) in [4.78, 5) is 86.3. The number of nitro groups is 1. The van der Waals surface area contributed by atoms with E-state index in [0.29, 0.717) is 0 Å². The quantitative estimate of drug-likeness (QED) is 0.0554. The zero-order chi connectivity index (χ0) is 39.7. The summed E-state index contributed by atoms with van der Waals surface area (Å²) in [6.07, 6.45) is -2.21. The van der Waals surface area contributed by atoms with E-state index in [1.807, 2.05) is 0 Å². The number of nitrogens with zero attached hydrogens (tertiary/aromatic N) is 1. The van der Waals surface area contributed by atoms with Crippen LogP contribution in [0.4, 0.5) is 22.7 Å². The number of Topliss-reactive ketones (excluding diaryl/α,β-unsaturated/α-hetero) is 1. The predicted octanol–water partition coefficient (Wildman–Crippen LogP) is 4.63. The van der Waals surface area contributed by atoms with Crippen LogP contribution < -0.4 is 26.0 Å². The van der Waals surface area contributed by atoms with E-state index >= 15 is 0 Å². The van der Waals surface area contributed by atoms with Crippen molar-refractivity contribution in [3.8, 4) is 11.5 Å². The maximum Gasteiger partial charge on any atom is 0.335 e. The number of carboxylic acid groups (broad SMARTS) is 1. The fraction of sp³-hybridized carbons (Fsp3) is 0.189. The largest absolute Gasteiger partial charge is 0.504 e. The zero-order valence-corrected chi connectivity index (χ0v) is 29.2. The lowest BCUT2D eigenvalue weighted by molar-refractivity contribution is -0.384. The van der Waals surface area contributed by atoms with E-state index in [9.17, 15) is 49.1 Å². The Bertz CT molecular complexity index is 2080. The minimum atomic E-state index is -1.81. The molecule has 0 aliphatic carbocycles. The summed E-state index contributed by atoms with van der Waals surface area (Å²) in [5.74, 6) is -5.45. The molecule has 0 saturated carbocycles. The lowest BCUT2D eigenvalue weighted by Gasteiger charge is -2.23. The SMILES string of the molecule is COC(C(=O)O)C(NC(=O)c1ccc(NC(=O)c2ccc([N+](=O)[O-])cc2)cc1)C(=O)Nc1ccc(C(=O)Nc2ccc(C(C)=O)c(O)c2OC(C)C)cc1. The Hall–Kier alpha value is -7.14. The van der Waals surface area contributed by atoms with Crippen LogP contribution in [0.5, 0.6) is 11.5 Å². The van der Waals surface area contributed by atoms with Crippen LogP contribution in [0.3, 0.4) is 0 Å². The number of benzene rings is 4. The van der Waals surface area contributed by atoms with E-state index < -0.39 is 64.3 Å². The van der Waals surface area contributed by atoms with Gasteiger partial charge in [-0.15, -0.1) is 0 Å². The lowest BCUT2D eigenvalue weighted by Crippen LogP contribution is -2.54. The normalized spacial score (nSPS) is 11.8. The third-order valence-corrected chi connectivity index (χ3v) is 7.64. The van der Waals surface area contributed by atoms with Crippen LogP contribution in [0.2, 0.25) is 0 Å². The number of carbonyl (C=O) groups excluding carboxylic acids is 5. The molecule has 54 heavy (non-hydrogen) atoms. The van der Waals surface area contributed by atoms with Crippen molar-refractivity contribution in [3.63, 3.8) is 0 Å². The van der Waals surface area contributed by atoms with Crippen LogP contribution in [0, 0.1) is 10.1 Å². The highest BCUT2D eigenvalue weighted by molar-refractivity contribution is 6.08. The van der Waals surface area contributed by atoms with Gasteiger partial charge in [-0.05, 0) is 93.6 Å². The van der Waals surface area contributed by atoms with Crippen LogP contribution >= 0.6 is 0 Å². The molecule has 0 aliphatic rings. The molecule has 4 aromatic carbocycles. The van der Waals surface area contributed by atoms with E-state index in [1.54, 1.807) is 13.8 Å². The Morgan fingerprint density at radius 1 is 0.722 bits per heavy atom. The molecule has 0 saturated heterocycles. The number of nitrogens with one attached hydrogen (secondary N) is 4. The first-order valence-electron chi connectivity index (χ1n) is 16.1. The third-order valence-electron chi connectivity index (χ3n) is 7.64. The highest BCUT2D eigenvalue weighted by Gasteiger charge is 2.36. The van der Waals surface area contributed by atoms with Gasteiger partial charge in [-0.25, -0.2) is 4.79 Å². The van der Waals surface area contributed by atoms with Crippen LogP contribution in [0.15, 0.2) is 84.9 Å². The number of anilines is 3. The molecule has 2 atom stereocenters. The van der Waals surface area contributed by atoms with E-state index in [-0.39, 0.29) is 50.8 Å². The second-order valence-corrected chi connectivity index (χ2v) is 11.9. The maximum atomic E-state index is 13.4. The first-order valence-corrected chi connectivity index (χ1v) is 16.1. The average Bonchev–Trinajstić information content (AvgIpc) is 3.13. The van der Waals surface area contributed by atoms with Crippen molar-refractivity contribution in [3.05, 3.63) is 117 Å². The molecule has 17 heteroatoms. The number of carbonyl (C=O) groups is 6. The minimum absolute atomic E-state index is 0.00273. The number of non-ortho nitro benzene ring substituents is 1. The first-order chi connectivity index (χ1) is 25.6. The molecule has 0 heterocycles. The topological polar surface area (TPSA) is 253 Å². The fourth-order valence-corrected chi connectivity index (χ4v) is 4.95. The van der Waals surface area contributed by atoms with Gasteiger partial charge in [0.15, 0.2) is 23.4 Å². The molecular weight excluding hydrogens is 706 g/mol. The van der Waals surface area contributed by atoms with Gasteiger partial charge in [0.2, 0.25) is 5.91 Å². The Morgan fingerprint density at radius 2 is 1.22 bits per heavy atom. The molecule has 0 fully saturated rings. The highest BCUT2D eigenvalue weighted by atomic mass is 16.6. The van der Waals surface area contributed by atoms with Gasteiger partial charge in [-0.2, -0.15) is 0 Å². The second kappa shape index (κ2) is 17.4. The number of nitro benzene ring substituents is 1. The molecule has 0 spiro atoms. The van der Waals surface area contributed by atoms with Gasteiger partial charge in [0.1, 0.15) is 6.04 Å². The maximum absolute atomic E-state index is 13.4. The molecule has 0 aliphatic heterocycles. The third kappa shape index (κ3) is 9.80. The van der Waals surface area contributed by atoms with Crippen LogP contribution in [-0.2, 0) is 14.3 Å². The summed E-state index contributed by atoms with van der Waals surface area (Å²) in [6.45, 7) is 4.68. The summed E-state index contributed by atoms with van der Waals surface area (Å²) >= 11 is 0. The number of phenolic OH excluding ortho intramolecular Hbond substituents is 1. The number of amides is 4. The standard InChI is InChI=1S/C37H35N5O12/c1-19(2)54-31-28(18-17-27(20(3)43)30(31)44)40-34(46)21-5-13-25(14-6-21)39-36(48)29(32(53-4)37(49)50)41-35(47)22-7-11-24(12-8-22)38-33(45)23-9-15-26(16-10-23)42(51)52/h5-19,29,32,44H,1-4H3,(H,38,45)(H,39,48)(H,40,46)(H,41,47)(H,49,50). The van der Waals surface area contributed by atoms with E-state index in [2.05, 4.69) is 21.3 Å². The number of aromatic hydroxyl groups is 1. The summed E-state index contributed by atoms with van der Waals surface area (Å²) in [7, 11) is 1.05. The number of hydrogen-bond acceptors (Lipinski definition) is 11. The highest BCUT2D eigenvalue weighted by Crippen LogP contribution is 2.39. The first kappa shape index (κ1) is 39.6. The van der Waals surface area contributed by atoms with Crippen molar-refractivity contribution in [1.29, 1.82) is 0 Å². The molecular formula is C37H35N5O12. The van der Waals surface area contributed by atoms with E-state index in [4.69, 9.17) is 9.47 Å². The van der Waals surface area contributed by atoms with Crippen molar-refractivity contribution in [2.45, 2.75) is 39.0 Å². The fourth-order valence-electron chi connectivity index (χ4n) is 4.95. The summed E-state index contributed by atoms with van der Waals surface area (Å²) in [5, 5.41) is 41.3. The van der Waals surface area contributed by atoms with Gasteiger partial charge >= 0.3 is 5.97 Å². The number of ketones is 1. The molecule has 4 rings (SSSR count). The summed E-state index contributed by atoms with van der Waals surface area (Å²) in [6, 6.07) is 16.8. The molecule has 280 valence electrons. The average molecular weight is 742 g/mol. The van der Waals surface area contributed by atoms with Crippen molar-refractivity contribution < 1.29 is 53.4 Å². The molecule has 0 aromatic heterocycles. The van der Waals surface area contributed by atoms with Crippen molar-refractivity contribution in [2.75, 3.05) is 23.1 Å². The number of methoxy groups -OCH3 is 1. The Kier molecular flexibility index (Phi) is 12.8. The second-order valence-electron chi connectivity index (χ2n) is 11.9.